The molecule has 0 bridgehead atoms. The minimum Gasteiger partial charge on any atom is -0.379 e. The van der Waals surface area contributed by atoms with Crippen LogP contribution in [0.4, 0.5) is 0 Å². The van der Waals surface area contributed by atoms with E-state index in [4.69, 9.17) is 9.47 Å². The SMILES string of the molecule is CCN(CCCNC(=NC)NCCCOC1CCOC1)S(C)(=O)=O. The van der Waals surface area contributed by atoms with Gasteiger partial charge in [-0.3, -0.25) is 4.99 Å². The van der Waals surface area contributed by atoms with Crippen LogP contribution in [0.15, 0.2) is 4.99 Å². The van der Waals surface area contributed by atoms with Crippen LogP contribution in [0.5, 0.6) is 0 Å². The third kappa shape index (κ3) is 8.81. The van der Waals surface area contributed by atoms with Gasteiger partial charge in [-0.15, -0.1) is 0 Å². The topological polar surface area (TPSA) is 92.3 Å². The van der Waals surface area contributed by atoms with E-state index in [2.05, 4.69) is 15.6 Å². The third-order valence-corrected chi connectivity index (χ3v) is 5.16. The van der Waals surface area contributed by atoms with Crippen molar-refractivity contribution in [3.05, 3.63) is 0 Å². The summed E-state index contributed by atoms with van der Waals surface area (Å²) in [5.74, 6) is 0.724. The fourth-order valence-electron chi connectivity index (χ4n) is 2.41. The third-order valence-electron chi connectivity index (χ3n) is 3.78. The lowest BCUT2D eigenvalue weighted by Gasteiger charge is -2.18. The molecule has 1 aliphatic heterocycles. The highest BCUT2D eigenvalue weighted by atomic mass is 32.2. The Morgan fingerprint density at radius 3 is 2.58 bits per heavy atom. The van der Waals surface area contributed by atoms with Gasteiger partial charge in [-0.1, -0.05) is 6.92 Å². The molecule has 0 saturated carbocycles. The van der Waals surface area contributed by atoms with Crippen LogP contribution in [0.3, 0.4) is 0 Å². The molecule has 24 heavy (non-hydrogen) atoms. The number of hydrogen-bond donors (Lipinski definition) is 2. The Balaban J connectivity index is 2.07. The lowest BCUT2D eigenvalue weighted by Crippen LogP contribution is -2.40. The standard InChI is InChI=1S/C15H32N4O4S/c1-4-19(24(3,20)21)10-5-8-17-15(16-2)18-9-6-11-23-14-7-12-22-13-14/h14H,4-13H2,1-3H3,(H2,16,17,18). The van der Waals surface area contributed by atoms with Crippen molar-refractivity contribution >= 4 is 16.0 Å². The number of ether oxygens (including phenoxy) is 2. The first-order valence-corrected chi connectivity index (χ1v) is 10.4. The van der Waals surface area contributed by atoms with Crippen LogP contribution in [-0.2, 0) is 19.5 Å². The zero-order valence-corrected chi connectivity index (χ0v) is 15.9. The Kier molecular flexibility index (Phi) is 10.2. The van der Waals surface area contributed by atoms with Crippen molar-refractivity contribution in [3.8, 4) is 0 Å². The molecule has 1 unspecified atom stereocenters. The van der Waals surface area contributed by atoms with E-state index in [0.29, 0.717) is 32.8 Å². The first kappa shape index (κ1) is 21.1. The van der Waals surface area contributed by atoms with Crippen LogP contribution in [0.1, 0.15) is 26.2 Å². The zero-order valence-electron chi connectivity index (χ0n) is 15.1. The van der Waals surface area contributed by atoms with Gasteiger partial charge in [0.25, 0.3) is 0 Å². The van der Waals surface area contributed by atoms with Gasteiger partial charge in [0, 0.05) is 46.4 Å². The molecule has 2 N–H and O–H groups in total. The zero-order chi connectivity index (χ0) is 17.8. The van der Waals surface area contributed by atoms with Crippen molar-refractivity contribution in [2.45, 2.75) is 32.3 Å². The average molecular weight is 365 g/mol. The molecule has 1 heterocycles. The van der Waals surface area contributed by atoms with Gasteiger partial charge in [0.05, 0.1) is 19.0 Å². The maximum absolute atomic E-state index is 11.5. The van der Waals surface area contributed by atoms with Gasteiger partial charge in [-0.25, -0.2) is 12.7 Å². The van der Waals surface area contributed by atoms with Gasteiger partial charge in [0.15, 0.2) is 5.96 Å². The molecule has 0 spiro atoms. The normalized spacial score (nSPS) is 19.0. The number of aliphatic imine (C=N–C) groups is 1. The number of sulfonamides is 1. The highest BCUT2D eigenvalue weighted by Crippen LogP contribution is 2.07. The Labute approximate surface area is 146 Å². The van der Waals surface area contributed by atoms with E-state index in [1.54, 1.807) is 7.05 Å². The lowest BCUT2D eigenvalue weighted by molar-refractivity contribution is 0.0420. The summed E-state index contributed by atoms with van der Waals surface area (Å²) in [6, 6.07) is 0. The quantitative estimate of drug-likeness (QED) is 0.305. The average Bonchev–Trinajstić information content (AvgIpc) is 3.04. The summed E-state index contributed by atoms with van der Waals surface area (Å²) < 4.78 is 35.4. The maximum Gasteiger partial charge on any atom is 0.211 e. The van der Waals surface area contributed by atoms with Crippen LogP contribution in [0, 0.1) is 0 Å². The minimum atomic E-state index is -3.11. The van der Waals surface area contributed by atoms with Crippen LogP contribution in [0.2, 0.25) is 0 Å². The van der Waals surface area contributed by atoms with E-state index in [9.17, 15) is 8.42 Å². The minimum absolute atomic E-state index is 0.249. The number of hydrogen-bond acceptors (Lipinski definition) is 5. The first-order chi connectivity index (χ1) is 11.5. The Morgan fingerprint density at radius 2 is 2.04 bits per heavy atom. The highest BCUT2D eigenvalue weighted by Gasteiger charge is 2.15. The van der Waals surface area contributed by atoms with Crippen molar-refractivity contribution in [2.75, 3.05) is 59.3 Å². The molecule has 1 saturated heterocycles. The molecule has 9 heteroatoms. The molecular formula is C15H32N4O4S. The Morgan fingerprint density at radius 1 is 1.33 bits per heavy atom. The van der Waals surface area contributed by atoms with E-state index in [-0.39, 0.29) is 6.10 Å². The second-order valence-electron chi connectivity index (χ2n) is 5.74. The molecule has 0 radical (unpaired) electrons. The summed E-state index contributed by atoms with van der Waals surface area (Å²) in [7, 11) is -1.39. The smallest absolute Gasteiger partial charge is 0.211 e. The summed E-state index contributed by atoms with van der Waals surface area (Å²) >= 11 is 0. The molecule has 1 aliphatic rings. The summed E-state index contributed by atoms with van der Waals surface area (Å²) in [4.78, 5) is 4.15. The second-order valence-corrected chi connectivity index (χ2v) is 7.73. The summed E-state index contributed by atoms with van der Waals surface area (Å²) in [5.41, 5.74) is 0. The molecule has 0 aromatic rings. The molecule has 0 amide bonds. The predicted molar refractivity (Wildman–Crippen MR) is 95.9 cm³/mol. The van der Waals surface area contributed by atoms with Crippen molar-refractivity contribution < 1.29 is 17.9 Å². The molecule has 1 rings (SSSR count). The molecule has 0 aromatic heterocycles. The van der Waals surface area contributed by atoms with Gasteiger partial charge in [-0.2, -0.15) is 0 Å². The van der Waals surface area contributed by atoms with E-state index < -0.39 is 10.0 Å². The second kappa shape index (κ2) is 11.6. The fourth-order valence-corrected chi connectivity index (χ4v) is 3.34. The van der Waals surface area contributed by atoms with Crippen LogP contribution in [0.25, 0.3) is 0 Å². The molecule has 0 aromatic carbocycles. The van der Waals surface area contributed by atoms with Crippen LogP contribution >= 0.6 is 0 Å². The fraction of sp³-hybridized carbons (Fsp3) is 0.933. The van der Waals surface area contributed by atoms with Crippen LogP contribution in [-0.4, -0.2) is 84.1 Å². The summed E-state index contributed by atoms with van der Waals surface area (Å²) in [6.45, 7) is 6.51. The van der Waals surface area contributed by atoms with Crippen molar-refractivity contribution in [2.24, 2.45) is 4.99 Å². The maximum atomic E-state index is 11.5. The molecule has 142 valence electrons. The van der Waals surface area contributed by atoms with Gasteiger partial charge >= 0.3 is 0 Å². The largest absolute Gasteiger partial charge is 0.379 e. The predicted octanol–water partition coefficient (Wildman–Crippen LogP) is 0.0186. The molecule has 1 atom stereocenters. The van der Waals surface area contributed by atoms with E-state index in [1.807, 2.05) is 6.92 Å². The van der Waals surface area contributed by atoms with Gasteiger partial charge in [0.2, 0.25) is 10.0 Å². The Bertz CT molecular complexity index is 464. The molecule has 0 aliphatic carbocycles. The monoisotopic (exact) mass is 364 g/mol. The summed E-state index contributed by atoms with van der Waals surface area (Å²) in [6.07, 6.45) is 4.10. The number of rotatable bonds is 11. The van der Waals surface area contributed by atoms with Gasteiger partial charge in [-0.05, 0) is 19.3 Å². The summed E-state index contributed by atoms with van der Waals surface area (Å²) in [5, 5.41) is 6.41. The lowest BCUT2D eigenvalue weighted by atomic mass is 10.3. The van der Waals surface area contributed by atoms with Gasteiger partial charge < -0.3 is 20.1 Å². The first-order valence-electron chi connectivity index (χ1n) is 8.56. The van der Waals surface area contributed by atoms with E-state index >= 15 is 0 Å². The van der Waals surface area contributed by atoms with E-state index in [1.165, 1.54) is 10.6 Å². The van der Waals surface area contributed by atoms with Crippen molar-refractivity contribution in [1.29, 1.82) is 0 Å². The number of guanidine groups is 1. The van der Waals surface area contributed by atoms with E-state index in [0.717, 1.165) is 38.4 Å². The highest BCUT2D eigenvalue weighted by molar-refractivity contribution is 7.88. The molecular weight excluding hydrogens is 332 g/mol. The van der Waals surface area contributed by atoms with Crippen molar-refractivity contribution in [3.63, 3.8) is 0 Å². The van der Waals surface area contributed by atoms with Crippen LogP contribution < -0.4 is 10.6 Å². The number of nitrogens with one attached hydrogen (secondary N) is 2. The molecule has 1 fully saturated rings. The number of nitrogens with zero attached hydrogens (tertiary/aromatic N) is 2. The molecule has 8 nitrogen and oxygen atoms in total. The van der Waals surface area contributed by atoms with Crippen molar-refractivity contribution in [1.82, 2.24) is 14.9 Å². The van der Waals surface area contributed by atoms with Gasteiger partial charge in [0.1, 0.15) is 0 Å². The Hall–Kier alpha value is -0.900.